The van der Waals surface area contributed by atoms with Gasteiger partial charge in [0.15, 0.2) is 0 Å². The van der Waals surface area contributed by atoms with Crippen LogP contribution in [0, 0.1) is 0 Å². The molecule has 0 aromatic carbocycles. The van der Waals surface area contributed by atoms with Crippen molar-refractivity contribution in [2.45, 2.75) is 13.1 Å². The summed E-state index contributed by atoms with van der Waals surface area (Å²) < 4.78 is 0. The Morgan fingerprint density at radius 2 is 2.25 bits per heavy atom. The molecule has 0 saturated carbocycles. The second-order valence-electron chi connectivity index (χ2n) is 3.65. The van der Waals surface area contributed by atoms with Crippen molar-refractivity contribution in [1.82, 2.24) is 14.9 Å². The van der Waals surface area contributed by atoms with Crippen molar-refractivity contribution >= 4 is 17.2 Å². The lowest BCUT2D eigenvalue weighted by atomic mass is 10.4. The van der Waals surface area contributed by atoms with Gasteiger partial charge in [-0.05, 0) is 24.6 Å². The molecule has 5 heteroatoms. The highest BCUT2D eigenvalue weighted by atomic mass is 32.1. The van der Waals surface area contributed by atoms with Crippen LogP contribution >= 0.6 is 11.3 Å². The maximum absolute atomic E-state index is 5.60. The second-order valence-corrected chi connectivity index (χ2v) is 4.68. The smallest absolute Gasteiger partial charge is 0.144 e. The van der Waals surface area contributed by atoms with E-state index in [0.29, 0.717) is 12.4 Å². The minimum Gasteiger partial charge on any atom is -0.384 e. The van der Waals surface area contributed by atoms with Crippen molar-refractivity contribution in [1.29, 1.82) is 0 Å². The molecule has 0 atom stereocenters. The fraction of sp³-hybridized carbons (Fsp3) is 0.273. The molecular weight excluding hydrogens is 220 g/mol. The van der Waals surface area contributed by atoms with E-state index in [1.807, 2.05) is 7.05 Å². The van der Waals surface area contributed by atoms with E-state index in [0.717, 1.165) is 12.4 Å². The molecule has 84 valence electrons. The van der Waals surface area contributed by atoms with Crippen LogP contribution in [0.5, 0.6) is 0 Å². The van der Waals surface area contributed by atoms with Crippen LogP contribution in [0.15, 0.2) is 29.8 Å². The molecule has 0 spiro atoms. The maximum atomic E-state index is 5.60. The van der Waals surface area contributed by atoms with Crippen molar-refractivity contribution in [2.24, 2.45) is 0 Å². The average Bonchev–Trinajstić information content (AvgIpc) is 2.70. The van der Waals surface area contributed by atoms with E-state index in [1.54, 1.807) is 23.6 Å². The Hall–Kier alpha value is -1.46. The molecule has 4 nitrogen and oxygen atoms in total. The zero-order valence-electron chi connectivity index (χ0n) is 9.13. The van der Waals surface area contributed by atoms with Gasteiger partial charge in [0.2, 0.25) is 0 Å². The predicted molar refractivity (Wildman–Crippen MR) is 65.9 cm³/mol. The zero-order chi connectivity index (χ0) is 11.4. The van der Waals surface area contributed by atoms with Crippen LogP contribution in [-0.2, 0) is 13.1 Å². The fourth-order valence-corrected chi connectivity index (χ4v) is 2.24. The molecule has 0 aliphatic rings. The third kappa shape index (κ3) is 3.01. The van der Waals surface area contributed by atoms with Gasteiger partial charge in [-0.3, -0.25) is 4.90 Å². The molecule has 0 radical (unpaired) electrons. The van der Waals surface area contributed by atoms with E-state index < -0.39 is 0 Å². The van der Waals surface area contributed by atoms with Crippen molar-refractivity contribution in [3.63, 3.8) is 0 Å². The summed E-state index contributed by atoms with van der Waals surface area (Å²) >= 11 is 1.76. The van der Waals surface area contributed by atoms with Gasteiger partial charge in [-0.15, -0.1) is 11.3 Å². The summed E-state index contributed by atoms with van der Waals surface area (Å²) in [5, 5.41) is 2.08. The molecule has 0 bridgehead atoms. The zero-order valence-corrected chi connectivity index (χ0v) is 9.94. The minimum atomic E-state index is 0.523. The van der Waals surface area contributed by atoms with Gasteiger partial charge < -0.3 is 5.73 Å². The standard InChI is InChI=1S/C11H14N4S/c1-15(7-9-3-2-6-16-9)8-11-13-5-4-10(12)14-11/h2-6H,7-8H2,1H3,(H2,12,13,14). The Balaban J connectivity index is 1.94. The number of aromatic nitrogens is 2. The lowest BCUT2D eigenvalue weighted by Crippen LogP contribution is -2.18. The van der Waals surface area contributed by atoms with Gasteiger partial charge in [0.1, 0.15) is 11.6 Å². The van der Waals surface area contributed by atoms with Crippen molar-refractivity contribution in [3.05, 3.63) is 40.5 Å². The molecule has 0 unspecified atom stereocenters. The molecule has 0 saturated heterocycles. The molecule has 0 fully saturated rings. The topological polar surface area (TPSA) is 55.0 Å². The van der Waals surface area contributed by atoms with E-state index in [2.05, 4.69) is 32.4 Å². The highest BCUT2D eigenvalue weighted by Gasteiger charge is 2.04. The Morgan fingerprint density at radius 3 is 2.94 bits per heavy atom. The van der Waals surface area contributed by atoms with Gasteiger partial charge >= 0.3 is 0 Å². The first-order valence-electron chi connectivity index (χ1n) is 5.02. The van der Waals surface area contributed by atoms with Crippen molar-refractivity contribution in [3.8, 4) is 0 Å². The highest BCUT2D eigenvalue weighted by molar-refractivity contribution is 7.09. The summed E-state index contributed by atoms with van der Waals surface area (Å²) in [6, 6.07) is 5.88. The molecule has 2 aromatic heterocycles. The van der Waals surface area contributed by atoms with Crippen LogP contribution in [0.1, 0.15) is 10.7 Å². The van der Waals surface area contributed by atoms with Gasteiger partial charge in [0, 0.05) is 17.6 Å². The Morgan fingerprint density at radius 1 is 1.38 bits per heavy atom. The SMILES string of the molecule is CN(Cc1nccc(N)n1)Cc1cccs1. The van der Waals surface area contributed by atoms with Gasteiger partial charge in [-0.25, -0.2) is 9.97 Å². The van der Waals surface area contributed by atoms with Gasteiger partial charge in [-0.1, -0.05) is 6.07 Å². The van der Waals surface area contributed by atoms with Crippen LogP contribution in [-0.4, -0.2) is 21.9 Å². The number of nitrogen functional groups attached to an aromatic ring is 1. The van der Waals surface area contributed by atoms with Crippen LogP contribution in [0.4, 0.5) is 5.82 Å². The molecule has 2 rings (SSSR count). The molecule has 0 aliphatic heterocycles. The molecule has 0 aliphatic carbocycles. The Kier molecular flexibility index (Phi) is 3.48. The van der Waals surface area contributed by atoms with Gasteiger partial charge in [-0.2, -0.15) is 0 Å². The number of hydrogen-bond acceptors (Lipinski definition) is 5. The van der Waals surface area contributed by atoms with Crippen LogP contribution in [0.2, 0.25) is 0 Å². The predicted octanol–water partition coefficient (Wildman–Crippen LogP) is 1.75. The number of anilines is 1. The highest BCUT2D eigenvalue weighted by Crippen LogP contribution is 2.11. The van der Waals surface area contributed by atoms with Crippen molar-refractivity contribution in [2.75, 3.05) is 12.8 Å². The molecule has 16 heavy (non-hydrogen) atoms. The maximum Gasteiger partial charge on any atom is 0.144 e. The molecule has 0 amide bonds. The Labute approximate surface area is 98.8 Å². The van der Waals surface area contributed by atoms with E-state index in [4.69, 9.17) is 5.73 Å². The summed E-state index contributed by atoms with van der Waals surface area (Å²) in [4.78, 5) is 11.9. The third-order valence-electron chi connectivity index (χ3n) is 2.14. The van der Waals surface area contributed by atoms with E-state index in [-0.39, 0.29) is 0 Å². The lowest BCUT2D eigenvalue weighted by Gasteiger charge is -2.14. The molecule has 2 heterocycles. The summed E-state index contributed by atoms with van der Waals surface area (Å²) in [5.74, 6) is 1.29. The normalized spacial score (nSPS) is 10.9. The number of hydrogen-bond donors (Lipinski definition) is 1. The van der Waals surface area contributed by atoms with Crippen LogP contribution in [0.3, 0.4) is 0 Å². The van der Waals surface area contributed by atoms with Crippen LogP contribution < -0.4 is 5.73 Å². The second kappa shape index (κ2) is 5.05. The van der Waals surface area contributed by atoms with Gasteiger partial charge in [0.05, 0.1) is 6.54 Å². The van der Waals surface area contributed by atoms with E-state index in [9.17, 15) is 0 Å². The Bertz CT molecular complexity index is 441. The summed E-state index contributed by atoms with van der Waals surface area (Å²) in [6.45, 7) is 1.62. The lowest BCUT2D eigenvalue weighted by molar-refractivity contribution is 0.313. The third-order valence-corrected chi connectivity index (χ3v) is 3.01. The first kappa shape index (κ1) is 11.0. The molecule has 2 aromatic rings. The average molecular weight is 234 g/mol. The van der Waals surface area contributed by atoms with Crippen LogP contribution in [0.25, 0.3) is 0 Å². The summed E-state index contributed by atoms with van der Waals surface area (Å²) in [5.41, 5.74) is 5.60. The van der Waals surface area contributed by atoms with Crippen molar-refractivity contribution < 1.29 is 0 Å². The summed E-state index contributed by atoms with van der Waals surface area (Å²) in [7, 11) is 2.05. The van der Waals surface area contributed by atoms with E-state index >= 15 is 0 Å². The van der Waals surface area contributed by atoms with Gasteiger partial charge in [0.25, 0.3) is 0 Å². The van der Waals surface area contributed by atoms with E-state index in [1.165, 1.54) is 4.88 Å². The quantitative estimate of drug-likeness (QED) is 0.875. The summed E-state index contributed by atoms with van der Waals surface area (Å²) in [6.07, 6.45) is 1.69. The molecular formula is C11H14N4S. The number of rotatable bonds is 4. The number of thiophene rings is 1. The largest absolute Gasteiger partial charge is 0.384 e. The first-order valence-corrected chi connectivity index (χ1v) is 5.90. The first-order chi connectivity index (χ1) is 7.74. The fourth-order valence-electron chi connectivity index (χ4n) is 1.46. The monoisotopic (exact) mass is 234 g/mol. The minimum absolute atomic E-state index is 0.523. The number of nitrogens with two attached hydrogens (primary N) is 1. The molecule has 2 N–H and O–H groups in total. The number of nitrogens with zero attached hydrogens (tertiary/aromatic N) is 3.